The number of anilines is 2. The Hall–Kier alpha value is -4.99. The Morgan fingerprint density at radius 3 is 2.29 bits per heavy atom. The summed E-state index contributed by atoms with van der Waals surface area (Å²) in [6.07, 6.45) is 10.4. The number of aliphatic hydroxyl groups is 2. The van der Waals surface area contributed by atoms with E-state index >= 15 is 0 Å². The molecule has 4 heterocycles. The molecule has 4 aromatic heterocycles. The number of hydrogen-bond acceptors (Lipinski definition) is 9. The number of imidazole rings is 1. The number of rotatable bonds is 4. The maximum Gasteiger partial charge on any atom is 0.387 e. The summed E-state index contributed by atoms with van der Waals surface area (Å²) in [5.41, 5.74) is 16.8. The second-order valence-corrected chi connectivity index (χ2v) is 7.86. The summed E-state index contributed by atoms with van der Waals surface area (Å²) in [6, 6.07) is 15.7. The molecule has 0 saturated heterocycles. The van der Waals surface area contributed by atoms with Crippen molar-refractivity contribution in [2.75, 3.05) is 18.6 Å². The van der Waals surface area contributed by atoms with Crippen LogP contribution in [-0.4, -0.2) is 48.5 Å². The number of nitrogens with zero attached hydrogens (tertiary/aromatic N) is 5. The molecule has 0 fully saturated rings. The molecule has 0 aliphatic heterocycles. The van der Waals surface area contributed by atoms with Gasteiger partial charge in [-0.15, -0.1) is 0 Å². The minimum Gasteiger partial charge on any atom is -0.462 e. The Morgan fingerprint density at radius 2 is 1.71 bits per heavy atom. The standard InChI is InChI=1S/C16H12ClN7.C8H8F2O.C2H2O.C2H6.CH4O/c17-15-11(18)6-10(8-21-15)12-3-4-13-22-16(19)14(24(13)23-12)9-2-1-5-20-7-9;1-6-3-2-4-7(5-6)11-8(9)10;1-2-3;2*1-2/h1-8H,18-19H2;2-5,8H,1H3;1,3H;1-2H3;2H,1H3. The third kappa shape index (κ3) is 10.2. The molecule has 42 heavy (non-hydrogen) atoms. The zero-order valence-electron chi connectivity index (χ0n) is 23.4. The van der Waals surface area contributed by atoms with Crippen LogP contribution >= 0.6 is 11.6 Å². The first-order chi connectivity index (χ1) is 20.2. The number of aromatic nitrogens is 5. The van der Waals surface area contributed by atoms with Crippen LogP contribution in [0.3, 0.4) is 0 Å². The number of aliphatic hydroxyl groups excluding tert-OH is 2. The molecule has 0 saturated carbocycles. The van der Waals surface area contributed by atoms with E-state index < -0.39 is 6.61 Å². The van der Waals surface area contributed by atoms with Crippen LogP contribution in [0.1, 0.15) is 19.4 Å². The number of hydrogen-bond donors (Lipinski definition) is 4. The summed E-state index contributed by atoms with van der Waals surface area (Å²) in [5.74, 6) is 0.599. The van der Waals surface area contributed by atoms with E-state index in [1.165, 1.54) is 12.2 Å². The third-order valence-corrected chi connectivity index (χ3v) is 5.13. The van der Waals surface area contributed by atoms with E-state index in [-0.39, 0.29) is 10.9 Å². The van der Waals surface area contributed by atoms with Gasteiger partial charge in [0.25, 0.3) is 0 Å². The van der Waals surface area contributed by atoms with E-state index in [0.717, 1.165) is 23.8 Å². The quantitative estimate of drug-likeness (QED) is 0.147. The number of alkyl halides is 2. The van der Waals surface area contributed by atoms with Crippen molar-refractivity contribution in [1.82, 2.24) is 24.6 Å². The third-order valence-electron chi connectivity index (χ3n) is 4.82. The van der Waals surface area contributed by atoms with Gasteiger partial charge in [0.15, 0.2) is 16.6 Å². The van der Waals surface area contributed by atoms with Gasteiger partial charge >= 0.3 is 6.61 Å². The molecule has 0 unspecified atom stereocenters. The molecule has 13 heteroatoms. The van der Waals surface area contributed by atoms with Gasteiger partial charge in [0, 0.05) is 36.8 Å². The van der Waals surface area contributed by atoms with Gasteiger partial charge in [-0.2, -0.15) is 13.9 Å². The highest BCUT2D eigenvalue weighted by Crippen LogP contribution is 2.28. The first kappa shape index (κ1) is 35.0. The fourth-order valence-corrected chi connectivity index (χ4v) is 3.38. The number of nitrogen functional groups attached to an aromatic ring is 2. The van der Waals surface area contributed by atoms with Gasteiger partial charge in [-0.05, 0) is 55.0 Å². The highest BCUT2D eigenvalue weighted by molar-refractivity contribution is 6.31. The van der Waals surface area contributed by atoms with Gasteiger partial charge in [-0.3, -0.25) is 4.98 Å². The van der Waals surface area contributed by atoms with E-state index in [2.05, 4.69) is 31.2 Å². The molecule has 1 aromatic carbocycles. The number of aryl methyl sites for hydroxylation is 1. The fourth-order valence-electron chi connectivity index (χ4n) is 3.27. The number of halogens is 3. The SMILES string of the molecule is C#CO.CC.CO.Cc1cccc(OC(F)F)c1.Nc1cc(-c2ccc3nc(N)c(-c4cccnc4)n3n2)cnc1Cl. The predicted octanol–water partition coefficient (Wildman–Crippen LogP) is 5.85. The van der Waals surface area contributed by atoms with Gasteiger partial charge in [-0.1, -0.05) is 44.0 Å². The number of terminal acetylenes is 1. The van der Waals surface area contributed by atoms with Crippen LogP contribution < -0.4 is 16.2 Å². The molecule has 222 valence electrons. The molecule has 0 amide bonds. The number of ether oxygens (including phenoxy) is 1. The molecule has 10 nitrogen and oxygen atoms in total. The number of pyridine rings is 2. The van der Waals surface area contributed by atoms with Gasteiger partial charge in [0.2, 0.25) is 0 Å². The minimum absolute atomic E-state index is 0.208. The molecule has 0 radical (unpaired) electrons. The first-order valence-corrected chi connectivity index (χ1v) is 12.6. The lowest BCUT2D eigenvalue weighted by Crippen LogP contribution is -2.01. The molecule has 5 rings (SSSR count). The van der Waals surface area contributed by atoms with E-state index in [1.54, 1.807) is 41.3 Å². The topological polar surface area (TPSA) is 158 Å². The van der Waals surface area contributed by atoms with Crippen LogP contribution in [0.4, 0.5) is 20.3 Å². The Balaban J connectivity index is 0.000000411. The maximum absolute atomic E-state index is 11.6. The second-order valence-electron chi connectivity index (χ2n) is 7.50. The molecule has 0 atom stereocenters. The van der Waals surface area contributed by atoms with Crippen molar-refractivity contribution in [3.8, 4) is 40.8 Å². The van der Waals surface area contributed by atoms with Crippen molar-refractivity contribution in [2.45, 2.75) is 27.4 Å². The Labute approximate surface area is 247 Å². The lowest BCUT2D eigenvalue weighted by Gasteiger charge is -2.06. The largest absolute Gasteiger partial charge is 0.462 e. The first-order valence-electron chi connectivity index (χ1n) is 12.3. The molecular formula is C29H32ClF2N7O3. The lowest BCUT2D eigenvalue weighted by molar-refractivity contribution is -0.0498. The summed E-state index contributed by atoms with van der Waals surface area (Å²) in [6.45, 7) is 3.08. The summed E-state index contributed by atoms with van der Waals surface area (Å²) in [7, 11) is 1.00. The Bertz CT molecular complexity index is 1560. The van der Waals surface area contributed by atoms with Crippen LogP contribution in [-0.2, 0) is 0 Å². The summed E-state index contributed by atoms with van der Waals surface area (Å²) < 4.78 is 29.1. The van der Waals surface area contributed by atoms with Crippen LogP contribution in [0.15, 0.2) is 73.2 Å². The monoisotopic (exact) mass is 599 g/mol. The van der Waals surface area contributed by atoms with E-state index in [9.17, 15) is 8.78 Å². The van der Waals surface area contributed by atoms with Gasteiger partial charge in [0.05, 0.1) is 11.4 Å². The molecule has 0 aliphatic rings. The van der Waals surface area contributed by atoms with E-state index in [0.29, 0.717) is 28.5 Å². The molecule has 0 spiro atoms. The summed E-state index contributed by atoms with van der Waals surface area (Å²) in [5, 5.41) is 19.0. The smallest absolute Gasteiger partial charge is 0.387 e. The predicted molar refractivity (Wildman–Crippen MR) is 161 cm³/mol. The lowest BCUT2D eigenvalue weighted by atomic mass is 10.2. The Kier molecular flexibility index (Phi) is 15.3. The van der Waals surface area contributed by atoms with Gasteiger partial charge in [0.1, 0.15) is 17.5 Å². The van der Waals surface area contributed by atoms with Crippen molar-refractivity contribution in [1.29, 1.82) is 0 Å². The zero-order valence-corrected chi connectivity index (χ0v) is 24.2. The fraction of sp³-hybridized carbons (Fsp3) is 0.172. The molecular weight excluding hydrogens is 568 g/mol. The van der Waals surface area contributed by atoms with Crippen LogP contribution in [0, 0.1) is 19.5 Å². The van der Waals surface area contributed by atoms with Gasteiger partial charge in [-0.25, -0.2) is 14.5 Å². The Morgan fingerprint density at radius 1 is 1.02 bits per heavy atom. The summed E-state index contributed by atoms with van der Waals surface area (Å²) in [4.78, 5) is 12.5. The van der Waals surface area contributed by atoms with Crippen molar-refractivity contribution in [2.24, 2.45) is 0 Å². The number of benzene rings is 1. The van der Waals surface area contributed by atoms with Crippen molar-refractivity contribution in [3.63, 3.8) is 0 Å². The molecule has 6 N–H and O–H groups in total. The summed E-state index contributed by atoms with van der Waals surface area (Å²) >= 11 is 5.88. The zero-order chi connectivity index (χ0) is 31.7. The van der Waals surface area contributed by atoms with Crippen molar-refractivity contribution in [3.05, 3.63) is 83.9 Å². The van der Waals surface area contributed by atoms with Crippen molar-refractivity contribution >= 4 is 28.8 Å². The van der Waals surface area contributed by atoms with Gasteiger partial charge < -0.3 is 26.4 Å². The highest BCUT2D eigenvalue weighted by atomic mass is 35.5. The van der Waals surface area contributed by atoms with E-state index in [1.807, 2.05) is 51.1 Å². The minimum atomic E-state index is -2.74. The van der Waals surface area contributed by atoms with Crippen LogP contribution in [0.25, 0.3) is 28.2 Å². The average molecular weight is 600 g/mol. The molecule has 0 aliphatic carbocycles. The van der Waals surface area contributed by atoms with Crippen LogP contribution in [0.2, 0.25) is 5.15 Å². The molecule has 5 aromatic rings. The highest BCUT2D eigenvalue weighted by Gasteiger charge is 2.14. The average Bonchev–Trinajstić information content (AvgIpc) is 3.32. The van der Waals surface area contributed by atoms with Crippen molar-refractivity contribution < 1.29 is 23.7 Å². The normalized spacial score (nSPS) is 9.43. The molecule has 0 bridgehead atoms. The van der Waals surface area contributed by atoms with Crippen LogP contribution in [0.5, 0.6) is 5.75 Å². The maximum atomic E-state index is 11.6. The second kappa shape index (κ2) is 18.4. The van der Waals surface area contributed by atoms with E-state index in [4.69, 9.17) is 33.3 Å². The number of nitrogens with two attached hydrogens (primary N) is 2. The number of fused-ring (bicyclic) bond motifs is 1.